The molecule has 3 rings (SSSR count). The van der Waals surface area contributed by atoms with E-state index in [1.807, 2.05) is 6.07 Å². The zero-order chi connectivity index (χ0) is 15.0. The van der Waals surface area contributed by atoms with Crippen molar-refractivity contribution in [3.63, 3.8) is 0 Å². The van der Waals surface area contributed by atoms with Crippen LogP contribution in [0.2, 0.25) is 4.34 Å². The molecule has 0 saturated heterocycles. The minimum absolute atomic E-state index is 0.268. The van der Waals surface area contributed by atoms with E-state index >= 15 is 0 Å². The highest BCUT2D eigenvalue weighted by Crippen LogP contribution is 2.44. The third kappa shape index (κ3) is 3.03. The van der Waals surface area contributed by atoms with Crippen LogP contribution in [-0.4, -0.2) is 0 Å². The fourth-order valence-electron chi connectivity index (χ4n) is 3.27. The zero-order valence-corrected chi connectivity index (χ0v) is 14.4. The Labute approximate surface area is 136 Å². The van der Waals surface area contributed by atoms with Crippen LogP contribution in [0.1, 0.15) is 55.3 Å². The van der Waals surface area contributed by atoms with Gasteiger partial charge in [0.2, 0.25) is 0 Å². The summed E-state index contributed by atoms with van der Waals surface area (Å²) in [5.41, 5.74) is 3.22. The van der Waals surface area contributed by atoms with E-state index in [4.69, 9.17) is 11.6 Å². The molecule has 112 valence electrons. The minimum atomic E-state index is 0.268. The lowest BCUT2D eigenvalue weighted by molar-refractivity contribution is 0.197. The highest BCUT2D eigenvalue weighted by atomic mass is 35.5. The van der Waals surface area contributed by atoms with Crippen molar-refractivity contribution in [3.05, 3.63) is 56.7 Å². The maximum Gasteiger partial charge on any atom is 0.0931 e. The van der Waals surface area contributed by atoms with E-state index in [2.05, 4.69) is 56.4 Å². The van der Waals surface area contributed by atoms with Gasteiger partial charge in [0.1, 0.15) is 0 Å². The summed E-state index contributed by atoms with van der Waals surface area (Å²) in [6.07, 6.45) is 2.40. The number of hydrogen-bond acceptors (Lipinski definition) is 2. The molecule has 1 nitrogen and oxygen atoms in total. The van der Waals surface area contributed by atoms with Crippen molar-refractivity contribution in [2.45, 2.75) is 45.7 Å². The maximum absolute atomic E-state index is 6.08. The number of hydrogen-bond donors (Lipinski definition) is 1. The molecule has 1 aliphatic carbocycles. The van der Waals surface area contributed by atoms with Crippen LogP contribution in [0, 0.1) is 5.41 Å². The molecule has 1 aliphatic rings. The Kier molecular flexibility index (Phi) is 4.13. The molecule has 3 heteroatoms. The van der Waals surface area contributed by atoms with Crippen molar-refractivity contribution in [1.82, 2.24) is 5.32 Å². The summed E-state index contributed by atoms with van der Waals surface area (Å²) >= 11 is 7.74. The lowest BCUT2D eigenvalue weighted by atomic mass is 9.70. The van der Waals surface area contributed by atoms with E-state index in [-0.39, 0.29) is 5.41 Å². The van der Waals surface area contributed by atoms with Gasteiger partial charge < -0.3 is 5.32 Å². The van der Waals surface area contributed by atoms with Gasteiger partial charge in [-0.3, -0.25) is 0 Å². The van der Waals surface area contributed by atoms with Gasteiger partial charge in [0.25, 0.3) is 0 Å². The number of nitrogens with one attached hydrogen (secondary N) is 1. The Balaban J connectivity index is 1.89. The van der Waals surface area contributed by atoms with Gasteiger partial charge in [-0.15, -0.1) is 11.3 Å². The van der Waals surface area contributed by atoms with Crippen LogP contribution in [0.4, 0.5) is 0 Å². The third-order valence-corrected chi connectivity index (χ3v) is 6.04. The number of aryl methyl sites for hydroxylation is 1. The van der Waals surface area contributed by atoms with Crippen molar-refractivity contribution in [3.8, 4) is 0 Å². The second-order valence-corrected chi connectivity index (χ2v) is 8.40. The van der Waals surface area contributed by atoms with Crippen molar-refractivity contribution >= 4 is 22.9 Å². The van der Waals surface area contributed by atoms with Gasteiger partial charge in [-0.05, 0) is 48.4 Å². The van der Waals surface area contributed by atoms with Crippen LogP contribution in [0.3, 0.4) is 0 Å². The van der Waals surface area contributed by atoms with Crippen LogP contribution in [0.5, 0.6) is 0 Å². The van der Waals surface area contributed by atoms with Gasteiger partial charge in [0, 0.05) is 17.0 Å². The predicted octanol–water partition coefficient (Wildman–Crippen LogP) is 5.77. The lowest BCUT2D eigenvalue weighted by Crippen LogP contribution is -2.39. The molecule has 2 atom stereocenters. The smallest absolute Gasteiger partial charge is 0.0931 e. The van der Waals surface area contributed by atoms with Crippen molar-refractivity contribution in [1.29, 1.82) is 0 Å². The third-order valence-electron chi connectivity index (χ3n) is 4.62. The normalized spacial score (nSPS) is 21.8. The fourth-order valence-corrected chi connectivity index (χ4v) is 4.35. The molecule has 21 heavy (non-hydrogen) atoms. The average Bonchev–Trinajstić information content (AvgIpc) is 2.89. The Morgan fingerprint density at radius 3 is 2.71 bits per heavy atom. The molecule has 1 heterocycles. The van der Waals surface area contributed by atoms with Crippen molar-refractivity contribution in [2.75, 3.05) is 0 Å². The molecule has 2 unspecified atom stereocenters. The average molecular weight is 320 g/mol. The van der Waals surface area contributed by atoms with E-state index in [1.54, 1.807) is 11.3 Å². The van der Waals surface area contributed by atoms with Crippen molar-refractivity contribution in [2.24, 2.45) is 5.41 Å². The van der Waals surface area contributed by atoms with Gasteiger partial charge in [0.15, 0.2) is 0 Å². The number of fused-ring (bicyclic) bond motifs is 1. The van der Waals surface area contributed by atoms with Crippen LogP contribution in [0.15, 0.2) is 36.4 Å². The van der Waals surface area contributed by atoms with Gasteiger partial charge in [-0.2, -0.15) is 0 Å². The number of rotatable bonds is 3. The molecular formula is C18H22ClNS. The molecular weight excluding hydrogens is 298 g/mol. The van der Waals surface area contributed by atoms with Gasteiger partial charge in [-0.25, -0.2) is 0 Å². The highest BCUT2D eigenvalue weighted by Gasteiger charge is 2.36. The van der Waals surface area contributed by atoms with Gasteiger partial charge >= 0.3 is 0 Å². The van der Waals surface area contributed by atoms with Gasteiger partial charge in [0.05, 0.1) is 4.34 Å². The first kappa shape index (κ1) is 15.1. The monoisotopic (exact) mass is 319 g/mol. The Morgan fingerprint density at radius 2 is 2.00 bits per heavy atom. The number of thiophene rings is 1. The molecule has 0 bridgehead atoms. The first-order valence-electron chi connectivity index (χ1n) is 7.56. The Morgan fingerprint density at radius 1 is 1.24 bits per heavy atom. The van der Waals surface area contributed by atoms with E-state index in [0.717, 1.165) is 4.34 Å². The zero-order valence-electron chi connectivity index (χ0n) is 12.8. The molecule has 0 aliphatic heterocycles. The maximum atomic E-state index is 6.08. The summed E-state index contributed by atoms with van der Waals surface area (Å²) < 4.78 is 0.863. The molecule has 1 aromatic carbocycles. The van der Waals surface area contributed by atoms with Crippen molar-refractivity contribution < 1.29 is 0 Å². The topological polar surface area (TPSA) is 12.0 Å². The molecule has 0 fully saturated rings. The SMILES string of the molecule is CC(NC1c2ccccc2CCC1(C)C)c1ccc(Cl)s1. The number of benzene rings is 1. The minimum Gasteiger partial charge on any atom is -0.302 e. The molecule has 0 radical (unpaired) electrons. The standard InChI is InChI=1S/C18H22ClNS/c1-12(15-8-9-16(19)21-15)20-17-14-7-5-4-6-13(14)10-11-18(17,2)3/h4-9,12,17,20H,10-11H2,1-3H3. The first-order valence-corrected chi connectivity index (χ1v) is 8.76. The van der Waals surface area contributed by atoms with Crippen LogP contribution < -0.4 is 5.32 Å². The summed E-state index contributed by atoms with van der Waals surface area (Å²) in [4.78, 5) is 1.30. The molecule has 0 spiro atoms. The summed E-state index contributed by atoms with van der Waals surface area (Å²) in [6.45, 7) is 6.97. The van der Waals surface area contributed by atoms with Crippen LogP contribution in [0.25, 0.3) is 0 Å². The van der Waals surface area contributed by atoms with E-state index in [0.29, 0.717) is 12.1 Å². The molecule has 0 amide bonds. The van der Waals surface area contributed by atoms with E-state index < -0.39 is 0 Å². The highest BCUT2D eigenvalue weighted by molar-refractivity contribution is 7.16. The fraction of sp³-hybridized carbons (Fsp3) is 0.444. The number of halogens is 1. The summed E-state index contributed by atoms with van der Waals surface area (Å²) in [5.74, 6) is 0. The molecule has 1 aromatic heterocycles. The van der Waals surface area contributed by atoms with Crippen LogP contribution >= 0.6 is 22.9 Å². The molecule has 2 aromatic rings. The van der Waals surface area contributed by atoms with Gasteiger partial charge in [-0.1, -0.05) is 49.7 Å². The molecule has 0 saturated carbocycles. The Hall–Kier alpha value is -0.830. The second-order valence-electron chi connectivity index (χ2n) is 6.65. The Bertz CT molecular complexity index is 632. The van der Waals surface area contributed by atoms with E-state index in [9.17, 15) is 0 Å². The lowest BCUT2D eigenvalue weighted by Gasteiger charge is -2.42. The summed E-state index contributed by atoms with van der Waals surface area (Å²) in [6, 6.07) is 13.7. The first-order chi connectivity index (χ1) is 9.97. The summed E-state index contributed by atoms with van der Waals surface area (Å²) in [7, 11) is 0. The predicted molar refractivity (Wildman–Crippen MR) is 92.2 cm³/mol. The largest absolute Gasteiger partial charge is 0.302 e. The molecule has 1 N–H and O–H groups in total. The second kappa shape index (κ2) is 5.75. The van der Waals surface area contributed by atoms with Crippen LogP contribution in [-0.2, 0) is 6.42 Å². The van der Waals surface area contributed by atoms with E-state index in [1.165, 1.54) is 28.8 Å². The quantitative estimate of drug-likeness (QED) is 0.757. The summed E-state index contributed by atoms with van der Waals surface area (Å²) in [5, 5.41) is 3.85.